The molecule has 6 nitrogen and oxygen atoms in total. The van der Waals surface area contributed by atoms with Gasteiger partial charge in [0.2, 0.25) is 6.10 Å². The molecule has 6 heteroatoms. The Labute approximate surface area is 165 Å². The zero-order chi connectivity index (χ0) is 19.7. The number of hydrogen-bond acceptors (Lipinski definition) is 4. The first kappa shape index (κ1) is 19.0. The van der Waals surface area contributed by atoms with E-state index in [0.29, 0.717) is 23.9 Å². The van der Waals surface area contributed by atoms with Gasteiger partial charge >= 0.3 is 12.0 Å². The molecule has 1 aromatic carbocycles. The Kier molecular flexibility index (Phi) is 5.38. The Morgan fingerprint density at radius 2 is 1.61 bits per heavy atom. The first-order chi connectivity index (χ1) is 13.5. The van der Waals surface area contributed by atoms with Crippen LogP contribution in [0.25, 0.3) is 0 Å². The predicted octanol–water partition coefficient (Wildman–Crippen LogP) is 3.19. The summed E-state index contributed by atoms with van der Waals surface area (Å²) in [5.74, 6) is 1.27. The molecule has 4 bridgehead atoms. The summed E-state index contributed by atoms with van der Waals surface area (Å²) in [7, 11) is 0. The Balaban J connectivity index is 1.50. The molecule has 3 amide bonds. The summed E-state index contributed by atoms with van der Waals surface area (Å²) in [6.07, 6.45) is 4.62. The van der Waals surface area contributed by atoms with Crippen LogP contribution in [0, 0.1) is 29.6 Å². The van der Waals surface area contributed by atoms with Crippen LogP contribution in [0.5, 0.6) is 0 Å². The number of carbonyl (C=O) groups excluding carboxylic acids is 3. The summed E-state index contributed by atoms with van der Waals surface area (Å²) in [5, 5.41) is 4.82. The summed E-state index contributed by atoms with van der Waals surface area (Å²) in [5.41, 5.74) is 0.571. The number of nitrogens with one attached hydrogen (secondary N) is 2. The fraction of sp³-hybridized carbons (Fsp3) is 0.591. The second-order valence-electron chi connectivity index (χ2n) is 8.53. The molecule has 28 heavy (non-hydrogen) atoms. The Bertz CT molecular complexity index is 720. The van der Waals surface area contributed by atoms with Gasteiger partial charge in [-0.3, -0.25) is 14.9 Å². The number of rotatable bonds is 5. The predicted molar refractivity (Wildman–Crippen MR) is 103 cm³/mol. The van der Waals surface area contributed by atoms with E-state index in [-0.39, 0.29) is 11.9 Å². The fourth-order valence-corrected chi connectivity index (χ4v) is 5.79. The summed E-state index contributed by atoms with van der Waals surface area (Å²) in [4.78, 5) is 37.6. The quantitative estimate of drug-likeness (QED) is 0.764. The number of carbonyl (C=O) groups is 3. The van der Waals surface area contributed by atoms with Gasteiger partial charge < -0.3 is 10.1 Å². The van der Waals surface area contributed by atoms with Crippen molar-refractivity contribution in [1.82, 2.24) is 10.6 Å². The van der Waals surface area contributed by atoms with Crippen molar-refractivity contribution in [1.29, 1.82) is 0 Å². The number of amides is 3. The lowest BCUT2D eigenvalue weighted by atomic mass is 9.52. The maximum absolute atomic E-state index is 13.1. The molecule has 4 aliphatic rings. The van der Waals surface area contributed by atoms with Gasteiger partial charge in [0, 0.05) is 12.1 Å². The summed E-state index contributed by atoms with van der Waals surface area (Å²) >= 11 is 0. The largest absolute Gasteiger partial charge is 0.447 e. The molecule has 150 valence electrons. The van der Waals surface area contributed by atoms with Gasteiger partial charge in [-0.05, 0) is 62.7 Å². The van der Waals surface area contributed by atoms with Gasteiger partial charge in [-0.2, -0.15) is 0 Å². The number of esters is 1. The van der Waals surface area contributed by atoms with E-state index in [1.165, 1.54) is 6.42 Å². The molecule has 1 aromatic rings. The van der Waals surface area contributed by atoms with Crippen LogP contribution in [0.2, 0.25) is 0 Å². The van der Waals surface area contributed by atoms with Crippen LogP contribution in [0.1, 0.15) is 50.7 Å². The van der Waals surface area contributed by atoms with E-state index in [9.17, 15) is 14.4 Å². The van der Waals surface area contributed by atoms with Gasteiger partial charge in [-0.1, -0.05) is 30.3 Å². The third-order valence-corrected chi connectivity index (χ3v) is 6.65. The Morgan fingerprint density at radius 3 is 2.18 bits per heavy atom. The first-order valence-electron chi connectivity index (χ1n) is 10.4. The highest BCUT2D eigenvalue weighted by atomic mass is 16.5. The van der Waals surface area contributed by atoms with E-state index in [2.05, 4.69) is 10.6 Å². The van der Waals surface area contributed by atoms with Crippen molar-refractivity contribution in [2.24, 2.45) is 29.6 Å². The molecule has 1 atom stereocenters. The van der Waals surface area contributed by atoms with E-state index < -0.39 is 18.0 Å². The van der Waals surface area contributed by atoms with Crippen LogP contribution < -0.4 is 10.6 Å². The van der Waals surface area contributed by atoms with Gasteiger partial charge in [-0.15, -0.1) is 0 Å². The maximum Gasteiger partial charge on any atom is 0.321 e. The van der Waals surface area contributed by atoms with E-state index in [1.54, 1.807) is 31.2 Å². The monoisotopic (exact) mass is 384 g/mol. The normalized spacial score (nSPS) is 31.1. The molecule has 0 unspecified atom stereocenters. The number of benzene rings is 1. The van der Waals surface area contributed by atoms with E-state index >= 15 is 0 Å². The zero-order valence-corrected chi connectivity index (χ0v) is 16.2. The van der Waals surface area contributed by atoms with Crippen molar-refractivity contribution in [3.63, 3.8) is 0 Å². The molecule has 0 aromatic heterocycles. The van der Waals surface area contributed by atoms with Crippen LogP contribution >= 0.6 is 0 Å². The second kappa shape index (κ2) is 7.94. The SMILES string of the molecule is CCNC(=O)NC(=O)[C@@H](OC(=O)C1C2CC3CC(C2)CC1C3)c1ccccc1. The van der Waals surface area contributed by atoms with Gasteiger partial charge in [0.05, 0.1) is 5.92 Å². The Hall–Kier alpha value is -2.37. The van der Waals surface area contributed by atoms with Gasteiger partial charge in [-0.25, -0.2) is 4.79 Å². The van der Waals surface area contributed by atoms with Crippen molar-refractivity contribution >= 4 is 17.9 Å². The standard InChI is InChI=1S/C22H28N2O4/c1-2-23-22(27)24-20(25)19(15-6-4-3-5-7-15)28-21(26)18-16-9-13-8-14(11-16)12-17(18)10-13/h3-7,13-14,16-19H,2,8-12H2,1H3,(H2,23,24,25,27)/t13?,14?,16?,17?,18?,19-/m0/s1. The summed E-state index contributed by atoms with van der Waals surface area (Å²) in [6.45, 7) is 2.17. The highest BCUT2D eigenvalue weighted by Crippen LogP contribution is 2.56. The average molecular weight is 384 g/mol. The van der Waals surface area contributed by atoms with Crippen LogP contribution in [0.15, 0.2) is 30.3 Å². The zero-order valence-electron chi connectivity index (χ0n) is 16.2. The number of imide groups is 1. The molecular formula is C22H28N2O4. The summed E-state index contributed by atoms with van der Waals surface area (Å²) < 4.78 is 5.77. The average Bonchev–Trinajstić information content (AvgIpc) is 2.66. The number of ether oxygens (including phenoxy) is 1. The van der Waals surface area contributed by atoms with Crippen molar-refractivity contribution in [2.75, 3.05) is 6.54 Å². The number of hydrogen-bond donors (Lipinski definition) is 2. The summed E-state index contributed by atoms with van der Waals surface area (Å²) in [6, 6.07) is 8.32. The smallest absolute Gasteiger partial charge is 0.321 e. The minimum Gasteiger partial charge on any atom is -0.447 e. The highest BCUT2D eigenvalue weighted by Gasteiger charge is 2.52. The minimum absolute atomic E-state index is 0.115. The van der Waals surface area contributed by atoms with Gasteiger partial charge in [0.1, 0.15) is 0 Å². The van der Waals surface area contributed by atoms with E-state index in [1.807, 2.05) is 6.07 Å². The fourth-order valence-electron chi connectivity index (χ4n) is 5.79. The van der Waals surface area contributed by atoms with Crippen molar-refractivity contribution in [3.05, 3.63) is 35.9 Å². The van der Waals surface area contributed by atoms with Gasteiger partial charge in [0.15, 0.2) is 0 Å². The maximum atomic E-state index is 13.1. The van der Waals surface area contributed by atoms with Gasteiger partial charge in [0.25, 0.3) is 5.91 Å². The molecule has 0 heterocycles. The third-order valence-electron chi connectivity index (χ3n) is 6.65. The molecule has 0 saturated heterocycles. The van der Waals surface area contributed by atoms with Crippen LogP contribution in [-0.2, 0) is 14.3 Å². The molecule has 5 rings (SSSR count). The lowest BCUT2D eigenvalue weighted by Crippen LogP contribution is -2.49. The van der Waals surface area contributed by atoms with Crippen molar-refractivity contribution < 1.29 is 19.1 Å². The molecular weight excluding hydrogens is 356 g/mol. The molecule has 4 aliphatic carbocycles. The molecule has 4 saturated carbocycles. The lowest BCUT2D eigenvalue weighted by molar-refractivity contribution is -0.171. The molecule has 0 aliphatic heterocycles. The molecule has 4 fully saturated rings. The van der Waals surface area contributed by atoms with Crippen molar-refractivity contribution in [2.45, 2.75) is 45.1 Å². The first-order valence-corrected chi connectivity index (χ1v) is 10.4. The number of urea groups is 1. The van der Waals surface area contributed by atoms with Crippen LogP contribution in [0.3, 0.4) is 0 Å². The third kappa shape index (κ3) is 3.77. The van der Waals surface area contributed by atoms with E-state index in [0.717, 1.165) is 37.5 Å². The Morgan fingerprint density at radius 1 is 1.00 bits per heavy atom. The topological polar surface area (TPSA) is 84.5 Å². The molecule has 0 spiro atoms. The second-order valence-corrected chi connectivity index (χ2v) is 8.53. The highest BCUT2D eigenvalue weighted by molar-refractivity contribution is 5.97. The van der Waals surface area contributed by atoms with Crippen LogP contribution in [0.4, 0.5) is 4.79 Å². The van der Waals surface area contributed by atoms with E-state index in [4.69, 9.17) is 4.74 Å². The van der Waals surface area contributed by atoms with Crippen LogP contribution in [-0.4, -0.2) is 24.5 Å². The molecule has 0 radical (unpaired) electrons. The van der Waals surface area contributed by atoms with Crippen molar-refractivity contribution in [3.8, 4) is 0 Å². The lowest BCUT2D eigenvalue weighted by Gasteiger charge is -2.53. The molecule has 2 N–H and O–H groups in total. The minimum atomic E-state index is -1.12.